The monoisotopic (exact) mass is 389 g/mol. The number of rotatable bonds is 6. The smallest absolute Gasteiger partial charge is 0.262 e. The van der Waals surface area contributed by atoms with Crippen LogP contribution in [0.2, 0.25) is 0 Å². The van der Waals surface area contributed by atoms with Gasteiger partial charge in [0.1, 0.15) is 18.2 Å². The minimum Gasteiger partial charge on any atom is -0.489 e. The van der Waals surface area contributed by atoms with Crippen molar-refractivity contribution in [2.24, 2.45) is 0 Å². The molecule has 2 aromatic carbocycles. The van der Waals surface area contributed by atoms with Crippen LogP contribution < -0.4 is 9.46 Å². The van der Waals surface area contributed by atoms with Gasteiger partial charge in [0.05, 0.1) is 17.2 Å². The number of benzene rings is 2. The second-order valence-electron chi connectivity index (χ2n) is 4.28. The second-order valence-corrected chi connectivity index (χ2v) is 6.87. The standard InChI is InChI=1S/C14H13BrFNO4S/c15-10-2-1-3-12(8-10)22(19,20)17-13-5-4-11(16)9-14(13)21-7-6-18/h1-5,8-9,17-18H,6-7H2. The highest BCUT2D eigenvalue weighted by Crippen LogP contribution is 2.28. The molecule has 0 heterocycles. The summed E-state index contributed by atoms with van der Waals surface area (Å²) in [6, 6.07) is 9.60. The predicted octanol–water partition coefficient (Wildman–Crippen LogP) is 2.76. The van der Waals surface area contributed by atoms with Crippen molar-refractivity contribution < 1.29 is 22.7 Å². The van der Waals surface area contributed by atoms with Gasteiger partial charge >= 0.3 is 0 Å². The van der Waals surface area contributed by atoms with Gasteiger partial charge in [-0.1, -0.05) is 22.0 Å². The van der Waals surface area contributed by atoms with Gasteiger partial charge in [-0.05, 0) is 30.3 Å². The van der Waals surface area contributed by atoms with E-state index in [1.807, 2.05) is 0 Å². The summed E-state index contributed by atoms with van der Waals surface area (Å²) in [6.45, 7) is -0.344. The first-order valence-electron chi connectivity index (χ1n) is 6.24. The second kappa shape index (κ2) is 7.08. The number of ether oxygens (including phenoxy) is 1. The number of nitrogens with one attached hydrogen (secondary N) is 1. The number of hydrogen-bond acceptors (Lipinski definition) is 4. The van der Waals surface area contributed by atoms with Crippen LogP contribution in [0.15, 0.2) is 51.8 Å². The van der Waals surface area contributed by atoms with Crippen LogP contribution in [0.25, 0.3) is 0 Å². The normalized spacial score (nSPS) is 11.2. The van der Waals surface area contributed by atoms with Gasteiger partial charge in [-0.3, -0.25) is 4.72 Å². The zero-order valence-electron chi connectivity index (χ0n) is 11.3. The van der Waals surface area contributed by atoms with E-state index < -0.39 is 15.8 Å². The van der Waals surface area contributed by atoms with Gasteiger partial charge in [0.2, 0.25) is 0 Å². The van der Waals surface area contributed by atoms with Gasteiger partial charge in [0.15, 0.2) is 0 Å². The Morgan fingerprint density at radius 1 is 1.23 bits per heavy atom. The lowest BCUT2D eigenvalue weighted by molar-refractivity contribution is 0.201. The number of sulfonamides is 1. The molecule has 22 heavy (non-hydrogen) atoms. The van der Waals surface area contributed by atoms with Crippen molar-refractivity contribution in [1.29, 1.82) is 0 Å². The molecule has 0 amide bonds. The van der Waals surface area contributed by atoms with Crippen LogP contribution in [0.4, 0.5) is 10.1 Å². The topological polar surface area (TPSA) is 75.6 Å². The molecule has 0 aliphatic carbocycles. The Morgan fingerprint density at radius 3 is 2.68 bits per heavy atom. The molecule has 2 aromatic rings. The van der Waals surface area contributed by atoms with Gasteiger partial charge in [0.25, 0.3) is 10.0 Å². The lowest BCUT2D eigenvalue weighted by Gasteiger charge is -2.13. The van der Waals surface area contributed by atoms with E-state index in [1.54, 1.807) is 12.1 Å². The minimum atomic E-state index is -3.84. The maximum absolute atomic E-state index is 13.3. The zero-order chi connectivity index (χ0) is 16.2. The van der Waals surface area contributed by atoms with Crippen LogP contribution in [-0.2, 0) is 10.0 Å². The van der Waals surface area contributed by atoms with Crippen molar-refractivity contribution >= 4 is 31.6 Å². The Kier molecular flexibility index (Phi) is 5.38. The number of halogens is 2. The highest BCUT2D eigenvalue weighted by Gasteiger charge is 2.17. The molecule has 2 N–H and O–H groups in total. The molecule has 0 saturated carbocycles. The fourth-order valence-corrected chi connectivity index (χ4v) is 3.36. The largest absolute Gasteiger partial charge is 0.489 e. The average molecular weight is 390 g/mol. The summed E-state index contributed by atoms with van der Waals surface area (Å²) >= 11 is 3.20. The fraction of sp³-hybridized carbons (Fsp3) is 0.143. The maximum atomic E-state index is 13.3. The Labute approximate surface area is 135 Å². The molecule has 0 atom stereocenters. The van der Waals surface area contributed by atoms with Crippen molar-refractivity contribution in [3.63, 3.8) is 0 Å². The Balaban J connectivity index is 2.33. The third-order valence-electron chi connectivity index (χ3n) is 2.64. The molecular formula is C14H13BrFNO4S. The summed E-state index contributed by atoms with van der Waals surface area (Å²) in [5, 5.41) is 8.77. The van der Waals surface area contributed by atoms with Crippen LogP contribution in [0, 0.1) is 5.82 Å². The van der Waals surface area contributed by atoms with E-state index in [4.69, 9.17) is 9.84 Å². The Hall–Kier alpha value is -1.64. The number of hydrogen-bond donors (Lipinski definition) is 2. The van der Waals surface area contributed by atoms with Crippen LogP contribution in [0.3, 0.4) is 0 Å². The third-order valence-corrected chi connectivity index (χ3v) is 4.50. The Morgan fingerprint density at radius 2 is 2.00 bits per heavy atom. The van der Waals surface area contributed by atoms with E-state index in [2.05, 4.69) is 20.7 Å². The molecule has 0 spiro atoms. The molecule has 0 fully saturated rings. The predicted molar refractivity (Wildman–Crippen MR) is 83.9 cm³/mol. The van der Waals surface area contributed by atoms with Crippen molar-refractivity contribution in [2.45, 2.75) is 4.90 Å². The van der Waals surface area contributed by atoms with E-state index in [1.165, 1.54) is 18.2 Å². The highest BCUT2D eigenvalue weighted by molar-refractivity contribution is 9.10. The SMILES string of the molecule is O=S(=O)(Nc1ccc(F)cc1OCCO)c1cccc(Br)c1. The molecule has 0 unspecified atom stereocenters. The molecule has 0 aliphatic heterocycles. The van der Waals surface area contributed by atoms with E-state index in [0.717, 1.165) is 12.1 Å². The molecule has 0 saturated heterocycles. The van der Waals surface area contributed by atoms with Crippen molar-refractivity contribution in [1.82, 2.24) is 0 Å². The number of anilines is 1. The third kappa shape index (κ3) is 4.19. The fourth-order valence-electron chi connectivity index (χ4n) is 1.69. The Bertz CT molecular complexity index is 767. The molecule has 0 radical (unpaired) electrons. The van der Waals surface area contributed by atoms with Crippen LogP contribution >= 0.6 is 15.9 Å². The molecule has 0 bridgehead atoms. The quantitative estimate of drug-likeness (QED) is 0.796. The molecule has 118 valence electrons. The minimum absolute atomic E-state index is 0.00706. The molecule has 2 rings (SSSR count). The molecular weight excluding hydrogens is 377 g/mol. The first-order valence-corrected chi connectivity index (χ1v) is 8.51. The summed E-state index contributed by atoms with van der Waals surface area (Å²) in [6.07, 6.45) is 0. The molecule has 5 nitrogen and oxygen atoms in total. The summed E-state index contributed by atoms with van der Waals surface area (Å²) in [5.41, 5.74) is 0.0924. The van der Waals surface area contributed by atoms with Gasteiger partial charge < -0.3 is 9.84 Å². The first-order chi connectivity index (χ1) is 10.4. The van der Waals surface area contributed by atoms with Crippen molar-refractivity contribution in [3.05, 3.63) is 52.8 Å². The maximum Gasteiger partial charge on any atom is 0.262 e. The molecule has 0 aliphatic rings. The lowest BCUT2D eigenvalue weighted by Crippen LogP contribution is -2.14. The van der Waals surface area contributed by atoms with Crippen LogP contribution in [0.5, 0.6) is 5.75 Å². The van der Waals surface area contributed by atoms with Gasteiger partial charge in [-0.25, -0.2) is 12.8 Å². The number of aliphatic hydroxyl groups is 1. The number of aliphatic hydroxyl groups excluding tert-OH is 1. The summed E-state index contributed by atoms with van der Waals surface area (Å²) in [7, 11) is -3.84. The van der Waals surface area contributed by atoms with E-state index in [-0.39, 0.29) is 29.5 Å². The summed E-state index contributed by atoms with van der Waals surface area (Å²) in [4.78, 5) is 0.0549. The van der Waals surface area contributed by atoms with Crippen LogP contribution in [-0.4, -0.2) is 26.7 Å². The first kappa shape index (κ1) is 16.7. The molecule has 0 aromatic heterocycles. The highest BCUT2D eigenvalue weighted by atomic mass is 79.9. The summed E-state index contributed by atoms with van der Waals surface area (Å²) in [5.74, 6) is -0.564. The lowest BCUT2D eigenvalue weighted by atomic mass is 10.3. The van der Waals surface area contributed by atoms with Crippen molar-refractivity contribution in [2.75, 3.05) is 17.9 Å². The zero-order valence-corrected chi connectivity index (χ0v) is 13.7. The average Bonchev–Trinajstić information content (AvgIpc) is 2.47. The van der Waals surface area contributed by atoms with E-state index >= 15 is 0 Å². The van der Waals surface area contributed by atoms with Crippen molar-refractivity contribution in [3.8, 4) is 5.75 Å². The molecule has 8 heteroatoms. The van der Waals surface area contributed by atoms with E-state index in [0.29, 0.717) is 4.47 Å². The van der Waals surface area contributed by atoms with Crippen LogP contribution in [0.1, 0.15) is 0 Å². The van der Waals surface area contributed by atoms with Gasteiger partial charge in [0, 0.05) is 10.5 Å². The van der Waals surface area contributed by atoms with E-state index in [9.17, 15) is 12.8 Å². The summed E-state index contributed by atoms with van der Waals surface area (Å²) < 4.78 is 46.0. The van der Waals surface area contributed by atoms with Gasteiger partial charge in [-0.15, -0.1) is 0 Å². The van der Waals surface area contributed by atoms with Gasteiger partial charge in [-0.2, -0.15) is 0 Å².